The summed E-state index contributed by atoms with van der Waals surface area (Å²) in [6.07, 6.45) is 3.87. The Hall–Kier alpha value is -1.88. The summed E-state index contributed by atoms with van der Waals surface area (Å²) in [6, 6.07) is 5.82. The number of benzene rings is 1. The molecule has 1 aliphatic heterocycles. The molecule has 2 aliphatic rings. The van der Waals surface area contributed by atoms with E-state index in [2.05, 4.69) is 16.0 Å². The predicted molar refractivity (Wildman–Crippen MR) is 85.9 cm³/mol. The summed E-state index contributed by atoms with van der Waals surface area (Å²) in [7, 11) is 0. The molecule has 1 saturated heterocycles. The molecule has 0 unspecified atom stereocenters. The number of hydrogen-bond acceptors (Lipinski definition) is 3. The maximum Gasteiger partial charge on any atom is 0.251 e. The van der Waals surface area contributed by atoms with E-state index in [1.807, 2.05) is 19.1 Å². The number of nitrogens with one attached hydrogen (secondary N) is 3. The van der Waals surface area contributed by atoms with Gasteiger partial charge in [-0.1, -0.05) is 6.07 Å². The van der Waals surface area contributed by atoms with Crippen molar-refractivity contribution in [1.29, 1.82) is 0 Å². The summed E-state index contributed by atoms with van der Waals surface area (Å²) in [5.74, 6) is 0.0637. The van der Waals surface area contributed by atoms with Crippen LogP contribution in [-0.2, 0) is 4.79 Å². The van der Waals surface area contributed by atoms with Crippen LogP contribution in [0.1, 0.15) is 41.6 Å². The van der Waals surface area contributed by atoms with Crippen molar-refractivity contribution in [3.05, 3.63) is 29.3 Å². The Morgan fingerprint density at radius 3 is 2.55 bits per heavy atom. The van der Waals surface area contributed by atoms with Crippen LogP contribution in [0.15, 0.2) is 18.2 Å². The highest BCUT2D eigenvalue weighted by Crippen LogP contribution is 2.22. The fraction of sp³-hybridized carbons (Fsp3) is 0.529. The van der Waals surface area contributed by atoms with Crippen molar-refractivity contribution in [3.8, 4) is 0 Å². The molecule has 1 aromatic carbocycles. The van der Waals surface area contributed by atoms with Crippen LogP contribution in [0.3, 0.4) is 0 Å². The SMILES string of the molecule is Cc1ccc(C(=O)NC2CC2)cc1NC(=O)C1CCNCC1. The highest BCUT2D eigenvalue weighted by Gasteiger charge is 2.24. The van der Waals surface area contributed by atoms with Crippen LogP contribution in [0.2, 0.25) is 0 Å². The Morgan fingerprint density at radius 1 is 1.14 bits per heavy atom. The van der Waals surface area contributed by atoms with E-state index in [1.165, 1.54) is 0 Å². The molecule has 118 valence electrons. The molecule has 1 heterocycles. The van der Waals surface area contributed by atoms with Gasteiger partial charge in [0.15, 0.2) is 0 Å². The molecule has 1 saturated carbocycles. The third-order valence-corrected chi connectivity index (χ3v) is 4.38. The maximum atomic E-state index is 12.3. The van der Waals surface area contributed by atoms with Gasteiger partial charge in [0, 0.05) is 23.2 Å². The van der Waals surface area contributed by atoms with E-state index in [9.17, 15) is 9.59 Å². The van der Waals surface area contributed by atoms with Crippen molar-refractivity contribution in [2.24, 2.45) is 5.92 Å². The van der Waals surface area contributed by atoms with Crippen LogP contribution in [0, 0.1) is 12.8 Å². The number of hydrogen-bond donors (Lipinski definition) is 3. The van der Waals surface area contributed by atoms with Crippen LogP contribution in [0.5, 0.6) is 0 Å². The zero-order valence-electron chi connectivity index (χ0n) is 12.9. The van der Waals surface area contributed by atoms with Gasteiger partial charge in [0.05, 0.1) is 0 Å². The molecule has 0 atom stereocenters. The minimum Gasteiger partial charge on any atom is -0.349 e. The summed E-state index contributed by atoms with van der Waals surface area (Å²) >= 11 is 0. The van der Waals surface area contributed by atoms with Gasteiger partial charge in [0.1, 0.15) is 0 Å². The van der Waals surface area contributed by atoms with E-state index in [1.54, 1.807) is 6.07 Å². The second-order valence-corrected chi connectivity index (χ2v) is 6.29. The van der Waals surface area contributed by atoms with Crippen molar-refractivity contribution in [2.75, 3.05) is 18.4 Å². The number of rotatable bonds is 4. The van der Waals surface area contributed by atoms with Gasteiger partial charge >= 0.3 is 0 Å². The van der Waals surface area contributed by atoms with Gasteiger partial charge in [0.2, 0.25) is 5.91 Å². The number of piperidine rings is 1. The minimum absolute atomic E-state index is 0.0557. The topological polar surface area (TPSA) is 70.2 Å². The monoisotopic (exact) mass is 301 g/mol. The molecular formula is C17H23N3O2. The molecule has 22 heavy (non-hydrogen) atoms. The first-order valence-corrected chi connectivity index (χ1v) is 8.06. The van der Waals surface area contributed by atoms with Gasteiger partial charge in [-0.15, -0.1) is 0 Å². The fourth-order valence-corrected chi connectivity index (χ4v) is 2.71. The van der Waals surface area contributed by atoms with E-state index in [0.29, 0.717) is 11.6 Å². The Bertz CT molecular complexity index is 575. The number of aryl methyl sites for hydroxylation is 1. The van der Waals surface area contributed by atoms with Gasteiger partial charge < -0.3 is 16.0 Å². The molecule has 0 radical (unpaired) electrons. The largest absolute Gasteiger partial charge is 0.349 e. The normalized spacial score (nSPS) is 18.8. The Kier molecular flexibility index (Phi) is 4.43. The van der Waals surface area contributed by atoms with Crippen LogP contribution < -0.4 is 16.0 Å². The molecular weight excluding hydrogens is 278 g/mol. The van der Waals surface area contributed by atoms with Gasteiger partial charge in [-0.3, -0.25) is 9.59 Å². The summed E-state index contributed by atoms with van der Waals surface area (Å²) in [5.41, 5.74) is 2.33. The molecule has 2 amide bonds. The number of amides is 2. The van der Waals surface area contributed by atoms with E-state index in [0.717, 1.165) is 50.0 Å². The molecule has 5 heteroatoms. The second kappa shape index (κ2) is 6.48. The van der Waals surface area contributed by atoms with Crippen molar-refractivity contribution in [3.63, 3.8) is 0 Å². The second-order valence-electron chi connectivity index (χ2n) is 6.29. The average Bonchev–Trinajstić information content (AvgIpc) is 3.34. The third-order valence-electron chi connectivity index (χ3n) is 4.38. The Labute approximate surface area is 130 Å². The first-order valence-electron chi connectivity index (χ1n) is 8.06. The minimum atomic E-state index is -0.0557. The molecule has 0 spiro atoms. The molecule has 2 fully saturated rings. The lowest BCUT2D eigenvalue weighted by molar-refractivity contribution is -0.120. The van der Waals surface area contributed by atoms with Gasteiger partial charge in [0.25, 0.3) is 5.91 Å². The number of carbonyl (C=O) groups excluding carboxylic acids is 2. The van der Waals surface area contributed by atoms with E-state index < -0.39 is 0 Å². The first-order chi connectivity index (χ1) is 10.6. The molecule has 0 aromatic heterocycles. The van der Waals surface area contributed by atoms with Crippen molar-refractivity contribution >= 4 is 17.5 Å². The maximum absolute atomic E-state index is 12.3. The highest BCUT2D eigenvalue weighted by molar-refractivity contribution is 5.98. The smallest absolute Gasteiger partial charge is 0.251 e. The third kappa shape index (κ3) is 3.65. The van der Waals surface area contributed by atoms with Crippen LogP contribution >= 0.6 is 0 Å². The zero-order chi connectivity index (χ0) is 15.5. The molecule has 3 N–H and O–H groups in total. The first kappa shape index (κ1) is 15.0. The summed E-state index contributed by atoms with van der Waals surface area (Å²) in [6.45, 7) is 3.72. The average molecular weight is 301 g/mol. The number of carbonyl (C=O) groups is 2. The Morgan fingerprint density at radius 2 is 1.86 bits per heavy atom. The lowest BCUT2D eigenvalue weighted by atomic mass is 9.97. The van der Waals surface area contributed by atoms with Gasteiger partial charge in [-0.25, -0.2) is 0 Å². The van der Waals surface area contributed by atoms with E-state index in [4.69, 9.17) is 0 Å². The molecule has 3 rings (SSSR count). The zero-order valence-corrected chi connectivity index (χ0v) is 12.9. The molecule has 1 aliphatic carbocycles. The molecule has 5 nitrogen and oxygen atoms in total. The van der Waals surface area contributed by atoms with Gasteiger partial charge in [-0.05, 0) is 63.4 Å². The van der Waals surface area contributed by atoms with Gasteiger partial charge in [-0.2, -0.15) is 0 Å². The quantitative estimate of drug-likeness (QED) is 0.794. The highest BCUT2D eigenvalue weighted by atomic mass is 16.2. The van der Waals surface area contributed by atoms with Crippen LogP contribution in [0.25, 0.3) is 0 Å². The van der Waals surface area contributed by atoms with Crippen LogP contribution in [-0.4, -0.2) is 30.9 Å². The van der Waals surface area contributed by atoms with E-state index >= 15 is 0 Å². The van der Waals surface area contributed by atoms with Crippen molar-refractivity contribution in [1.82, 2.24) is 10.6 Å². The summed E-state index contributed by atoms with van der Waals surface area (Å²) in [5, 5.41) is 9.23. The predicted octanol–water partition coefficient (Wildman–Crippen LogP) is 1.83. The Balaban J connectivity index is 1.68. The number of anilines is 1. The van der Waals surface area contributed by atoms with E-state index in [-0.39, 0.29) is 17.7 Å². The lowest BCUT2D eigenvalue weighted by Gasteiger charge is -2.22. The molecule has 0 bridgehead atoms. The standard InChI is InChI=1S/C17H23N3O2/c1-11-2-3-13(17(22)19-14-4-5-14)10-15(11)20-16(21)12-6-8-18-9-7-12/h2-3,10,12,14,18H,4-9H2,1H3,(H,19,22)(H,20,21). The molecule has 1 aromatic rings. The summed E-state index contributed by atoms with van der Waals surface area (Å²) < 4.78 is 0. The summed E-state index contributed by atoms with van der Waals surface area (Å²) in [4.78, 5) is 24.5. The van der Waals surface area contributed by atoms with Crippen molar-refractivity contribution in [2.45, 2.75) is 38.6 Å². The lowest BCUT2D eigenvalue weighted by Crippen LogP contribution is -2.34. The fourth-order valence-electron chi connectivity index (χ4n) is 2.71. The van der Waals surface area contributed by atoms with Crippen molar-refractivity contribution < 1.29 is 9.59 Å². The van der Waals surface area contributed by atoms with Crippen LogP contribution in [0.4, 0.5) is 5.69 Å².